The van der Waals surface area contributed by atoms with E-state index in [1.54, 1.807) is 0 Å². The van der Waals surface area contributed by atoms with Crippen molar-refractivity contribution in [3.8, 4) is 0 Å². The second-order valence-corrected chi connectivity index (χ2v) is 7.12. The zero-order chi connectivity index (χ0) is 17.1. The van der Waals surface area contributed by atoms with Gasteiger partial charge >= 0.3 is 15.6 Å². The maximum absolute atomic E-state index is 11.6. The Morgan fingerprint density at radius 2 is 1.64 bits per heavy atom. The Hall–Kier alpha value is 0.140. The highest BCUT2D eigenvalue weighted by Crippen LogP contribution is 2.44. The number of rotatable bonds is 14. The molecule has 0 aromatic rings. The molecule has 0 saturated heterocycles. The summed E-state index contributed by atoms with van der Waals surface area (Å²) >= 11 is 0. The van der Waals surface area contributed by atoms with Gasteiger partial charge in [-0.05, 0) is 19.4 Å². The number of hydrogen-bond donors (Lipinski definition) is 4. The second-order valence-electron chi connectivity index (χ2n) is 4.47. The lowest BCUT2D eigenvalue weighted by Gasteiger charge is -2.19. The lowest BCUT2D eigenvalue weighted by atomic mass is 10.2. The van der Waals surface area contributed by atoms with Crippen LogP contribution in [0, 0.1) is 0 Å². The van der Waals surface area contributed by atoms with Crippen LogP contribution in [0.3, 0.4) is 0 Å². The van der Waals surface area contributed by atoms with Crippen LogP contribution >= 0.6 is 15.6 Å². The lowest BCUT2D eigenvalue weighted by molar-refractivity contribution is 0.0172. The van der Waals surface area contributed by atoms with E-state index in [0.717, 1.165) is 19.3 Å². The Kier molecular flexibility index (Phi) is 11.7. The minimum absolute atomic E-state index is 0.0344. The molecule has 0 spiro atoms. The number of unbranched alkanes of at least 4 members (excludes halogenated alkanes) is 3. The van der Waals surface area contributed by atoms with Gasteiger partial charge in [0, 0.05) is 7.11 Å². The highest BCUT2D eigenvalue weighted by Gasteiger charge is 2.27. The average molecular weight is 365 g/mol. The van der Waals surface area contributed by atoms with Crippen molar-refractivity contribution in [2.75, 3.05) is 33.5 Å². The van der Waals surface area contributed by atoms with Gasteiger partial charge in [-0.15, -0.1) is 0 Å². The summed E-state index contributed by atoms with van der Waals surface area (Å²) in [7, 11) is -7.77. The molecule has 0 radical (unpaired) electrons. The highest BCUT2D eigenvalue weighted by atomic mass is 31.2. The molecule has 0 aliphatic heterocycles. The Morgan fingerprint density at radius 3 is 2.18 bits per heavy atom. The van der Waals surface area contributed by atoms with Crippen LogP contribution in [0.15, 0.2) is 0 Å². The fourth-order valence-corrected chi connectivity index (χ4v) is 2.78. The van der Waals surface area contributed by atoms with Gasteiger partial charge in [0.15, 0.2) is 0 Å². The zero-order valence-corrected chi connectivity index (χ0v) is 14.3. The van der Waals surface area contributed by atoms with Crippen molar-refractivity contribution in [3.05, 3.63) is 0 Å². The molecule has 22 heavy (non-hydrogen) atoms. The van der Waals surface area contributed by atoms with Crippen molar-refractivity contribution in [3.63, 3.8) is 0 Å². The van der Waals surface area contributed by atoms with Crippen molar-refractivity contribution in [2.24, 2.45) is 5.73 Å². The summed E-state index contributed by atoms with van der Waals surface area (Å²) in [5.41, 5.74) is 5.34. The molecule has 0 aromatic heterocycles. The number of nitrogens with two attached hydrogens (primary N) is 1. The quantitative estimate of drug-likeness (QED) is 0.256. The SMILES string of the molecule is COCC(COP(=O)(O)OCCCCCCN)OP(=O)(O)O. The number of ether oxygens (including phenoxy) is 1. The third-order valence-electron chi connectivity index (χ3n) is 2.42. The van der Waals surface area contributed by atoms with Crippen molar-refractivity contribution < 1.29 is 42.1 Å². The Morgan fingerprint density at radius 1 is 1.00 bits per heavy atom. The number of hydrogen-bond acceptors (Lipinski definition) is 7. The van der Waals surface area contributed by atoms with Crippen LogP contribution in [-0.2, 0) is 27.4 Å². The fraction of sp³-hybridized carbons (Fsp3) is 1.00. The van der Waals surface area contributed by atoms with Crippen LogP contribution in [0.1, 0.15) is 25.7 Å². The largest absolute Gasteiger partial charge is 0.472 e. The lowest BCUT2D eigenvalue weighted by Crippen LogP contribution is -2.23. The second kappa shape index (κ2) is 11.6. The van der Waals surface area contributed by atoms with E-state index in [4.69, 9.17) is 20.0 Å². The van der Waals surface area contributed by atoms with Gasteiger partial charge in [-0.1, -0.05) is 12.8 Å². The topological polar surface area (TPSA) is 158 Å². The van der Waals surface area contributed by atoms with Crippen LogP contribution in [-0.4, -0.2) is 54.3 Å². The molecule has 0 heterocycles. The maximum atomic E-state index is 11.6. The minimum atomic E-state index is -4.75. The third-order valence-corrected chi connectivity index (χ3v) is 3.97. The number of phosphoric ester groups is 2. The molecule has 5 N–H and O–H groups in total. The van der Waals surface area contributed by atoms with Gasteiger partial charge in [0.05, 0.1) is 19.8 Å². The Balaban J connectivity index is 4.05. The normalized spacial score (nSPS) is 16.4. The summed E-state index contributed by atoms with van der Waals surface area (Å²) in [5.74, 6) is 0. The van der Waals surface area contributed by atoms with Crippen molar-refractivity contribution in [1.82, 2.24) is 0 Å². The number of phosphoric acid groups is 2. The molecular weight excluding hydrogens is 340 g/mol. The molecule has 134 valence electrons. The third kappa shape index (κ3) is 13.8. The predicted octanol–water partition coefficient (Wildman–Crippen LogP) is 0.763. The molecule has 0 aliphatic rings. The molecule has 12 heteroatoms. The molecule has 10 nitrogen and oxygen atoms in total. The fourth-order valence-electron chi connectivity index (χ4n) is 1.48. The smallest absolute Gasteiger partial charge is 0.382 e. The van der Waals surface area contributed by atoms with Gasteiger partial charge in [-0.3, -0.25) is 13.6 Å². The first-order valence-electron chi connectivity index (χ1n) is 6.75. The van der Waals surface area contributed by atoms with Crippen LogP contribution < -0.4 is 5.73 Å². The van der Waals surface area contributed by atoms with Gasteiger partial charge in [0.2, 0.25) is 0 Å². The molecule has 0 rings (SSSR count). The minimum Gasteiger partial charge on any atom is -0.382 e. The molecule has 0 bridgehead atoms. The van der Waals surface area contributed by atoms with E-state index in [9.17, 15) is 14.0 Å². The molecule has 0 fully saturated rings. The maximum Gasteiger partial charge on any atom is 0.472 e. The molecule has 0 aromatic carbocycles. The van der Waals surface area contributed by atoms with Crippen LogP contribution in [0.5, 0.6) is 0 Å². The van der Waals surface area contributed by atoms with Crippen molar-refractivity contribution in [1.29, 1.82) is 0 Å². The molecule has 0 amide bonds. The first-order valence-corrected chi connectivity index (χ1v) is 9.77. The first-order chi connectivity index (χ1) is 10.2. The number of methoxy groups -OCH3 is 1. The summed E-state index contributed by atoms with van der Waals surface area (Å²) in [6, 6.07) is 0. The molecule has 0 saturated carbocycles. The molecule has 0 aliphatic carbocycles. The standard InChI is InChI=1S/C10H25NO9P2/c1-17-8-10(20-21(12,13)14)9-19-22(15,16)18-7-5-3-2-4-6-11/h10H,2-9,11H2,1H3,(H,15,16)(H2,12,13,14). The monoisotopic (exact) mass is 365 g/mol. The van der Waals surface area contributed by atoms with E-state index in [2.05, 4.69) is 13.8 Å². The van der Waals surface area contributed by atoms with E-state index in [0.29, 0.717) is 13.0 Å². The predicted molar refractivity (Wildman–Crippen MR) is 78.0 cm³/mol. The molecule has 2 unspecified atom stereocenters. The van der Waals surface area contributed by atoms with E-state index < -0.39 is 28.4 Å². The first kappa shape index (κ1) is 22.1. The summed E-state index contributed by atoms with van der Waals surface area (Å²) in [4.78, 5) is 26.8. The van der Waals surface area contributed by atoms with Crippen LogP contribution in [0.4, 0.5) is 0 Å². The van der Waals surface area contributed by atoms with Gasteiger partial charge in [0.1, 0.15) is 6.10 Å². The summed E-state index contributed by atoms with van der Waals surface area (Å²) < 4.78 is 40.7. The Labute approximate surface area is 129 Å². The zero-order valence-electron chi connectivity index (χ0n) is 12.5. The van der Waals surface area contributed by atoms with E-state index in [-0.39, 0.29) is 13.2 Å². The summed E-state index contributed by atoms with van der Waals surface area (Å²) in [6.45, 7) is -0.139. The van der Waals surface area contributed by atoms with Crippen molar-refractivity contribution >= 4 is 15.6 Å². The van der Waals surface area contributed by atoms with E-state index in [1.807, 2.05) is 0 Å². The van der Waals surface area contributed by atoms with E-state index in [1.165, 1.54) is 7.11 Å². The van der Waals surface area contributed by atoms with Crippen LogP contribution in [0.2, 0.25) is 0 Å². The van der Waals surface area contributed by atoms with E-state index >= 15 is 0 Å². The summed E-state index contributed by atoms with van der Waals surface area (Å²) in [6.07, 6.45) is 1.98. The van der Waals surface area contributed by atoms with Gasteiger partial charge in [0.25, 0.3) is 0 Å². The highest BCUT2D eigenvalue weighted by molar-refractivity contribution is 7.47. The van der Waals surface area contributed by atoms with Gasteiger partial charge < -0.3 is 25.2 Å². The molecular formula is C10H25NO9P2. The van der Waals surface area contributed by atoms with Crippen LogP contribution in [0.25, 0.3) is 0 Å². The van der Waals surface area contributed by atoms with Crippen molar-refractivity contribution in [2.45, 2.75) is 31.8 Å². The van der Waals surface area contributed by atoms with Gasteiger partial charge in [-0.2, -0.15) is 0 Å². The Bertz CT molecular complexity index is 375. The average Bonchev–Trinajstić information content (AvgIpc) is 2.39. The summed E-state index contributed by atoms with van der Waals surface area (Å²) in [5, 5.41) is 0. The molecule has 2 atom stereocenters. The van der Waals surface area contributed by atoms with Gasteiger partial charge in [-0.25, -0.2) is 9.13 Å².